The van der Waals surface area contributed by atoms with Gasteiger partial charge in [-0.1, -0.05) is 35.6 Å². The lowest BCUT2D eigenvalue weighted by Crippen LogP contribution is -2.21. The van der Waals surface area contributed by atoms with Gasteiger partial charge in [-0.15, -0.1) is 0 Å². The average molecular weight is 580 g/mol. The molecule has 164 valence electrons. The summed E-state index contributed by atoms with van der Waals surface area (Å²) >= 11 is 8.60. The van der Waals surface area contributed by atoms with Gasteiger partial charge in [0, 0.05) is 66.6 Å². The Hall–Kier alpha value is -2.22. The minimum Gasteiger partial charge on any atom is -0.461 e. The molecule has 3 heterocycles. The van der Waals surface area contributed by atoms with Gasteiger partial charge < -0.3 is 9.64 Å². The number of hydrogen-bond acceptors (Lipinski definition) is 5. The number of carbonyl (C=O) groups is 2. The number of benzene rings is 1. The van der Waals surface area contributed by atoms with E-state index in [9.17, 15) is 9.59 Å². The summed E-state index contributed by atoms with van der Waals surface area (Å²) in [5.74, 6) is 5.50. The SMILES string of the molecule is CCOC(=O)c1nc(-c2cccc(C#C[C@@H]3CCN(C)C3=O)c2)cc2c(Cl)cn(SI)c12. The summed E-state index contributed by atoms with van der Waals surface area (Å²) in [4.78, 5) is 31.1. The van der Waals surface area contributed by atoms with Gasteiger partial charge in [0.25, 0.3) is 0 Å². The number of esters is 1. The maximum absolute atomic E-state index is 12.7. The zero-order valence-electron chi connectivity index (χ0n) is 17.4. The van der Waals surface area contributed by atoms with E-state index in [0.29, 0.717) is 16.2 Å². The highest BCUT2D eigenvalue weighted by Crippen LogP contribution is 2.35. The van der Waals surface area contributed by atoms with E-state index in [4.69, 9.17) is 16.3 Å². The Balaban J connectivity index is 1.77. The Kier molecular flexibility index (Phi) is 6.98. The van der Waals surface area contributed by atoms with Crippen LogP contribution in [0, 0.1) is 17.8 Å². The highest BCUT2D eigenvalue weighted by molar-refractivity contribution is 14.2. The number of rotatable bonds is 4. The van der Waals surface area contributed by atoms with Crippen molar-refractivity contribution < 1.29 is 14.3 Å². The van der Waals surface area contributed by atoms with E-state index in [1.807, 2.05) is 30.3 Å². The lowest BCUT2D eigenvalue weighted by Gasteiger charge is -2.09. The van der Waals surface area contributed by atoms with Crippen molar-refractivity contribution in [2.75, 3.05) is 20.2 Å². The molecular formula is C23H19ClIN3O3S. The Morgan fingerprint density at radius 2 is 2.22 bits per heavy atom. The molecule has 1 fully saturated rings. The fraction of sp³-hybridized carbons (Fsp3) is 0.261. The van der Waals surface area contributed by atoms with E-state index in [1.165, 1.54) is 9.12 Å². The van der Waals surface area contributed by atoms with Gasteiger partial charge in [-0.3, -0.25) is 8.77 Å². The second-order valence-electron chi connectivity index (χ2n) is 7.30. The van der Waals surface area contributed by atoms with Crippen molar-refractivity contribution in [3.8, 4) is 23.1 Å². The molecule has 1 aromatic carbocycles. The summed E-state index contributed by atoms with van der Waals surface area (Å²) < 4.78 is 7.05. The number of hydrogen-bond donors (Lipinski definition) is 0. The summed E-state index contributed by atoms with van der Waals surface area (Å²) in [6.45, 7) is 2.74. The van der Waals surface area contributed by atoms with Crippen LogP contribution in [0.4, 0.5) is 0 Å². The third-order valence-electron chi connectivity index (χ3n) is 5.22. The number of ether oxygens (including phenoxy) is 1. The number of aromatic nitrogens is 2. The van der Waals surface area contributed by atoms with Crippen molar-refractivity contribution in [1.29, 1.82) is 0 Å². The van der Waals surface area contributed by atoms with Gasteiger partial charge in [0.05, 0.1) is 22.8 Å². The molecule has 1 aliphatic heterocycles. The minimum atomic E-state index is -0.499. The van der Waals surface area contributed by atoms with Gasteiger partial charge >= 0.3 is 5.97 Å². The molecule has 0 radical (unpaired) electrons. The minimum absolute atomic E-state index is 0.0622. The number of carbonyl (C=O) groups excluding carboxylic acids is 2. The first-order valence-corrected chi connectivity index (χ1v) is 13.7. The number of likely N-dealkylation sites (tertiary alicyclic amines) is 1. The molecule has 0 unspecified atom stereocenters. The van der Waals surface area contributed by atoms with Crippen LogP contribution in [0.5, 0.6) is 0 Å². The molecule has 0 spiro atoms. The largest absolute Gasteiger partial charge is 0.461 e. The summed E-state index contributed by atoms with van der Waals surface area (Å²) in [5, 5.41) is 1.25. The molecule has 1 saturated heterocycles. The van der Waals surface area contributed by atoms with Crippen molar-refractivity contribution in [2.45, 2.75) is 13.3 Å². The molecule has 0 saturated carbocycles. The van der Waals surface area contributed by atoms with Crippen LogP contribution < -0.4 is 0 Å². The fourth-order valence-corrected chi connectivity index (χ4v) is 5.24. The van der Waals surface area contributed by atoms with Gasteiger partial charge in [-0.05, 0) is 31.5 Å². The van der Waals surface area contributed by atoms with E-state index in [-0.39, 0.29) is 24.1 Å². The first-order valence-electron chi connectivity index (χ1n) is 9.97. The fourth-order valence-electron chi connectivity index (χ4n) is 3.61. The van der Waals surface area contributed by atoms with Gasteiger partial charge in [-0.25, -0.2) is 9.78 Å². The summed E-state index contributed by atoms with van der Waals surface area (Å²) in [5.41, 5.74) is 3.00. The zero-order chi connectivity index (χ0) is 22.8. The van der Waals surface area contributed by atoms with Gasteiger partial charge in [0.2, 0.25) is 5.91 Å². The van der Waals surface area contributed by atoms with Crippen LogP contribution in [0.2, 0.25) is 5.02 Å². The molecule has 0 aliphatic carbocycles. The van der Waals surface area contributed by atoms with E-state index < -0.39 is 5.97 Å². The Labute approximate surface area is 207 Å². The van der Waals surface area contributed by atoms with E-state index in [0.717, 1.165) is 29.5 Å². The second kappa shape index (κ2) is 9.73. The van der Waals surface area contributed by atoms with E-state index in [2.05, 4.69) is 38.0 Å². The lowest BCUT2D eigenvalue weighted by atomic mass is 10.0. The van der Waals surface area contributed by atoms with E-state index in [1.54, 1.807) is 29.0 Å². The van der Waals surface area contributed by atoms with Crippen molar-refractivity contribution in [3.63, 3.8) is 0 Å². The van der Waals surface area contributed by atoms with E-state index >= 15 is 0 Å². The van der Waals surface area contributed by atoms with Gasteiger partial charge in [0.1, 0.15) is 5.92 Å². The number of nitrogens with zero attached hydrogens (tertiary/aromatic N) is 3. The van der Waals surface area contributed by atoms with Gasteiger partial charge in [0.15, 0.2) is 5.69 Å². The monoisotopic (exact) mass is 579 g/mol. The zero-order valence-corrected chi connectivity index (χ0v) is 21.1. The molecule has 0 bridgehead atoms. The lowest BCUT2D eigenvalue weighted by molar-refractivity contribution is -0.128. The van der Waals surface area contributed by atoms with Crippen molar-refractivity contribution in [3.05, 3.63) is 52.8 Å². The summed E-state index contributed by atoms with van der Waals surface area (Å²) in [6, 6.07) is 9.44. The molecule has 6 nitrogen and oxygen atoms in total. The van der Waals surface area contributed by atoms with Crippen molar-refractivity contribution in [1.82, 2.24) is 13.9 Å². The van der Waals surface area contributed by atoms with Crippen LogP contribution in [-0.4, -0.2) is 45.9 Å². The van der Waals surface area contributed by atoms with Crippen LogP contribution in [0.25, 0.3) is 22.2 Å². The molecule has 1 aliphatic rings. The number of pyridine rings is 1. The van der Waals surface area contributed by atoms with Gasteiger partial charge in [-0.2, -0.15) is 0 Å². The number of fused-ring (bicyclic) bond motifs is 1. The highest BCUT2D eigenvalue weighted by Gasteiger charge is 2.27. The standard InChI is InChI=1S/C23H19ClIN3O3S/c1-3-31-23(30)20-21-17(18(24)13-28(21)32-25)12-19(26-20)16-6-4-5-14(11-16)7-8-15-9-10-27(2)22(15)29/h4-6,11-13,15H,3,9-10H2,1-2H3/t15-/m1/s1. The molecule has 9 heteroatoms. The third-order valence-corrected chi connectivity index (χ3v) is 7.23. The Bertz CT molecular complexity index is 1280. The maximum Gasteiger partial charge on any atom is 0.359 e. The molecule has 1 amide bonds. The van der Waals surface area contributed by atoms with Crippen LogP contribution in [0.1, 0.15) is 29.4 Å². The van der Waals surface area contributed by atoms with Crippen LogP contribution >= 0.6 is 41.9 Å². The quantitative estimate of drug-likeness (QED) is 0.241. The molecule has 4 rings (SSSR count). The number of halogens is 2. The first kappa shape index (κ1) is 23.0. The predicted molar refractivity (Wildman–Crippen MR) is 136 cm³/mol. The third kappa shape index (κ3) is 4.47. The smallest absolute Gasteiger partial charge is 0.359 e. The Morgan fingerprint density at radius 3 is 2.91 bits per heavy atom. The molecule has 3 aromatic rings. The number of amides is 1. The normalized spacial score (nSPS) is 15.7. The summed E-state index contributed by atoms with van der Waals surface area (Å²) in [7, 11) is 3.19. The molecule has 0 N–H and O–H groups in total. The van der Waals surface area contributed by atoms with Crippen molar-refractivity contribution >= 4 is 64.7 Å². The average Bonchev–Trinajstić information content (AvgIpc) is 3.30. The molecular weight excluding hydrogens is 561 g/mol. The van der Waals surface area contributed by atoms with Crippen LogP contribution in [0.15, 0.2) is 36.5 Å². The van der Waals surface area contributed by atoms with Crippen molar-refractivity contribution in [2.24, 2.45) is 5.92 Å². The highest BCUT2D eigenvalue weighted by atomic mass is 127. The second-order valence-corrected chi connectivity index (χ2v) is 9.42. The molecule has 1 atom stereocenters. The molecule has 32 heavy (non-hydrogen) atoms. The Morgan fingerprint density at radius 1 is 1.41 bits per heavy atom. The van der Waals surface area contributed by atoms with Crippen LogP contribution in [-0.2, 0) is 9.53 Å². The summed E-state index contributed by atoms with van der Waals surface area (Å²) in [6.07, 6.45) is 2.50. The first-order chi connectivity index (χ1) is 15.4. The predicted octanol–water partition coefficient (Wildman–Crippen LogP) is 5.21. The molecule has 2 aromatic heterocycles. The maximum atomic E-state index is 12.7. The van der Waals surface area contributed by atoms with Crippen LogP contribution in [0.3, 0.4) is 0 Å². The topological polar surface area (TPSA) is 64.4 Å².